The van der Waals surface area contributed by atoms with E-state index in [0.717, 1.165) is 19.0 Å². The number of benzene rings is 2. The average Bonchev–Trinajstić information content (AvgIpc) is 2.77. The molecule has 0 bridgehead atoms. The molecule has 6 nitrogen and oxygen atoms in total. The van der Waals surface area contributed by atoms with Crippen molar-refractivity contribution in [1.29, 1.82) is 0 Å². The SMILES string of the molecule is CCCOc1ccc(Nc2ncc(C(F)(F)F)c(Nc3ccccc3OCCC)n2)cc1. The minimum absolute atomic E-state index is 0.0229. The summed E-state index contributed by atoms with van der Waals surface area (Å²) in [5.41, 5.74) is 0.0245. The number of halogens is 3. The Morgan fingerprint density at radius 1 is 0.875 bits per heavy atom. The second-order valence-corrected chi connectivity index (χ2v) is 6.92. The summed E-state index contributed by atoms with van der Waals surface area (Å²) in [5, 5.41) is 5.68. The Morgan fingerprint density at radius 2 is 1.56 bits per heavy atom. The van der Waals surface area contributed by atoms with E-state index in [0.29, 0.717) is 36.1 Å². The first-order valence-corrected chi connectivity index (χ1v) is 10.3. The van der Waals surface area contributed by atoms with Gasteiger partial charge in [0.05, 0.1) is 18.9 Å². The molecule has 0 radical (unpaired) electrons. The lowest BCUT2D eigenvalue weighted by atomic mass is 10.2. The third-order valence-electron chi connectivity index (χ3n) is 4.28. The van der Waals surface area contributed by atoms with E-state index in [4.69, 9.17) is 9.47 Å². The molecule has 0 fully saturated rings. The van der Waals surface area contributed by atoms with Gasteiger partial charge in [-0.25, -0.2) is 4.98 Å². The van der Waals surface area contributed by atoms with Gasteiger partial charge in [0.2, 0.25) is 5.95 Å². The topological polar surface area (TPSA) is 68.3 Å². The van der Waals surface area contributed by atoms with Crippen LogP contribution in [0.1, 0.15) is 32.3 Å². The molecule has 2 N–H and O–H groups in total. The van der Waals surface area contributed by atoms with Crippen molar-refractivity contribution in [2.24, 2.45) is 0 Å². The first-order chi connectivity index (χ1) is 15.4. The van der Waals surface area contributed by atoms with Gasteiger partial charge >= 0.3 is 6.18 Å². The molecule has 0 aliphatic heterocycles. The number of hydrogen-bond acceptors (Lipinski definition) is 6. The molecule has 1 aromatic heterocycles. The van der Waals surface area contributed by atoms with Crippen molar-refractivity contribution in [2.75, 3.05) is 23.8 Å². The van der Waals surface area contributed by atoms with Crippen LogP contribution >= 0.6 is 0 Å². The maximum absolute atomic E-state index is 13.6. The summed E-state index contributed by atoms with van der Waals surface area (Å²) in [5.74, 6) is 0.801. The quantitative estimate of drug-likeness (QED) is 0.368. The van der Waals surface area contributed by atoms with Crippen molar-refractivity contribution < 1.29 is 22.6 Å². The van der Waals surface area contributed by atoms with Crippen molar-refractivity contribution in [3.63, 3.8) is 0 Å². The van der Waals surface area contributed by atoms with Gasteiger partial charge in [0.25, 0.3) is 0 Å². The summed E-state index contributed by atoms with van der Waals surface area (Å²) in [6, 6.07) is 13.8. The number of alkyl halides is 3. The molecule has 0 amide bonds. The van der Waals surface area contributed by atoms with Gasteiger partial charge in [-0.1, -0.05) is 26.0 Å². The van der Waals surface area contributed by atoms with E-state index in [-0.39, 0.29) is 11.8 Å². The van der Waals surface area contributed by atoms with E-state index >= 15 is 0 Å². The van der Waals surface area contributed by atoms with E-state index < -0.39 is 11.7 Å². The fourth-order valence-electron chi connectivity index (χ4n) is 2.76. The maximum Gasteiger partial charge on any atom is 0.421 e. The zero-order chi connectivity index (χ0) is 23.0. The third kappa shape index (κ3) is 6.26. The summed E-state index contributed by atoms with van der Waals surface area (Å²) < 4.78 is 51.9. The Balaban J connectivity index is 1.86. The fourth-order valence-corrected chi connectivity index (χ4v) is 2.76. The van der Waals surface area contributed by atoms with E-state index in [9.17, 15) is 13.2 Å². The van der Waals surface area contributed by atoms with Crippen molar-refractivity contribution in [3.8, 4) is 11.5 Å². The van der Waals surface area contributed by atoms with E-state index in [1.165, 1.54) is 0 Å². The zero-order valence-electron chi connectivity index (χ0n) is 17.9. The number of rotatable bonds is 10. The van der Waals surface area contributed by atoms with Crippen molar-refractivity contribution >= 4 is 23.1 Å². The Kier molecular flexibility index (Phi) is 7.75. The smallest absolute Gasteiger partial charge is 0.421 e. The molecule has 3 rings (SSSR count). The van der Waals surface area contributed by atoms with Crippen LogP contribution in [0.3, 0.4) is 0 Å². The predicted molar refractivity (Wildman–Crippen MR) is 118 cm³/mol. The van der Waals surface area contributed by atoms with Gasteiger partial charge in [-0.15, -0.1) is 0 Å². The second-order valence-electron chi connectivity index (χ2n) is 6.92. The zero-order valence-corrected chi connectivity index (χ0v) is 17.9. The number of aromatic nitrogens is 2. The number of para-hydroxylation sites is 2. The van der Waals surface area contributed by atoms with Crippen molar-refractivity contribution in [1.82, 2.24) is 9.97 Å². The van der Waals surface area contributed by atoms with Crippen LogP contribution in [0.5, 0.6) is 11.5 Å². The molecule has 0 aliphatic carbocycles. The molecular formula is C23H25F3N4O2. The standard InChI is InChI=1S/C23H25F3N4O2/c1-3-13-31-17-11-9-16(10-12-17)28-22-27-15-18(23(24,25)26)21(30-22)29-19-7-5-6-8-20(19)32-14-4-2/h5-12,15H,3-4,13-14H2,1-2H3,(H2,27,28,29,30). The molecule has 0 spiro atoms. The largest absolute Gasteiger partial charge is 0.494 e. The maximum atomic E-state index is 13.6. The molecule has 32 heavy (non-hydrogen) atoms. The van der Waals surface area contributed by atoms with Crippen LogP contribution in [0.25, 0.3) is 0 Å². The van der Waals surface area contributed by atoms with E-state index in [1.54, 1.807) is 48.5 Å². The first kappa shape index (κ1) is 23.2. The Labute approximate surface area is 184 Å². The third-order valence-corrected chi connectivity index (χ3v) is 4.28. The summed E-state index contributed by atoms with van der Waals surface area (Å²) >= 11 is 0. The van der Waals surface area contributed by atoms with Crippen LogP contribution in [-0.4, -0.2) is 23.2 Å². The molecule has 0 atom stereocenters. The summed E-state index contributed by atoms with van der Waals surface area (Å²) in [4.78, 5) is 7.93. The van der Waals surface area contributed by atoms with Crippen LogP contribution < -0.4 is 20.1 Å². The predicted octanol–water partition coefficient (Wildman–Crippen LogP) is 6.56. The van der Waals surface area contributed by atoms with E-state index in [2.05, 4.69) is 20.6 Å². The molecule has 0 saturated heterocycles. The molecule has 0 unspecified atom stereocenters. The second kappa shape index (κ2) is 10.7. The van der Waals surface area contributed by atoms with Crippen LogP contribution in [0.2, 0.25) is 0 Å². The molecule has 3 aromatic rings. The highest BCUT2D eigenvalue weighted by Crippen LogP contribution is 2.37. The van der Waals surface area contributed by atoms with Gasteiger partial charge in [-0.3, -0.25) is 0 Å². The van der Waals surface area contributed by atoms with Crippen LogP contribution in [0.15, 0.2) is 54.7 Å². The number of hydrogen-bond donors (Lipinski definition) is 2. The van der Waals surface area contributed by atoms with E-state index in [1.807, 2.05) is 13.8 Å². The number of nitrogens with one attached hydrogen (secondary N) is 2. The lowest BCUT2D eigenvalue weighted by molar-refractivity contribution is -0.137. The van der Waals surface area contributed by atoms with Crippen LogP contribution in [0.4, 0.5) is 36.3 Å². The highest BCUT2D eigenvalue weighted by molar-refractivity contribution is 5.67. The molecule has 0 aliphatic rings. The van der Waals surface area contributed by atoms with Crippen molar-refractivity contribution in [2.45, 2.75) is 32.9 Å². The highest BCUT2D eigenvalue weighted by Gasteiger charge is 2.35. The van der Waals surface area contributed by atoms with Gasteiger partial charge < -0.3 is 20.1 Å². The molecule has 1 heterocycles. The molecule has 9 heteroatoms. The van der Waals surface area contributed by atoms with Gasteiger partial charge in [0.15, 0.2) is 0 Å². The van der Waals surface area contributed by atoms with Crippen molar-refractivity contribution in [3.05, 3.63) is 60.3 Å². The summed E-state index contributed by atoms with van der Waals surface area (Å²) in [6.07, 6.45) is -2.21. The van der Waals surface area contributed by atoms with Gasteiger partial charge in [0.1, 0.15) is 22.9 Å². The minimum atomic E-state index is -4.63. The summed E-state index contributed by atoms with van der Waals surface area (Å²) in [7, 11) is 0. The Bertz CT molecular complexity index is 1010. The molecule has 170 valence electrons. The molecular weight excluding hydrogens is 421 g/mol. The average molecular weight is 446 g/mol. The Morgan fingerprint density at radius 3 is 2.25 bits per heavy atom. The van der Waals surface area contributed by atoms with Gasteiger partial charge in [-0.05, 0) is 49.2 Å². The van der Waals surface area contributed by atoms with Gasteiger partial charge in [-0.2, -0.15) is 18.2 Å². The molecule has 0 saturated carbocycles. The first-order valence-electron chi connectivity index (χ1n) is 10.3. The highest BCUT2D eigenvalue weighted by atomic mass is 19.4. The minimum Gasteiger partial charge on any atom is -0.494 e. The number of nitrogens with zero attached hydrogens (tertiary/aromatic N) is 2. The molecule has 2 aromatic carbocycles. The lowest BCUT2D eigenvalue weighted by Gasteiger charge is -2.17. The monoisotopic (exact) mass is 446 g/mol. The van der Waals surface area contributed by atoms with Crippen LogP contribution in [0, 0.1) is 0 Å². The van der Waals surface area contributed by atoms with Gasteiger partial charge in [0, 0.05) is 11.9 Å². The summed E-state index contributed by atoms with van der Waals surface area (Å²) in [6.45, 7) is 5.01. The fraction of sp³-hybridized carbons (Fsp3) is 0.304. The Hall–Kier alpha value is -3.49. The number of ether oxygens (including phenoxy) is 2. The normalized spacial score (nSPS) is 11.2. The van der Waals surface area contributed by atoms with Crippen LogP contribution in [-0.2, 0) is 6.18 Å². The number of anilines is 4. The lowest BCUT2D eigenvalue weighted by Crippen LogP contribution is -2.13.